The molecule has 0 rings (SSSR count). The molecular formula is C65H124O6. The van der Waals surface area contributed by atoms with Crippen molar-refractivity contribution in [3.05, 3.63) is 12.2 Å². The Morgan fingerprint density at radius 1 is 0.268 bits per heavy atom. The van der Waals surface area contributed by atoms with E-state index in [0.717, 1.165) is 64.2 Å². The molecule has 0 amide bonds. The van der Waals surface area contributed by atoms with Crippen molar-refractivity contribution in [3.63, 3.8) is 0 Å². The highest BCUT2D eigenvalue weighted by molar-refractivity contribution is 5.71. The topological polar surface area (TPSA) is 78.9 Å². The van der Waals surface area contributed by atoms with Gasteiger partial charge in [-0.25, -0.2) is 0 Å². The molecule has 0 aliphatic heterocycles. The van der Waals surface area contributed by atoms with Crippen LogP contribution in [-0.2, 0) is 28.6 Å². The summed E-state index contributed by atoms with van der Waals surface area (Å²) >= 11 is 0. The summed E-state index contributed by atoms with van der Waals surface area (Å²) in [6, 6.07) is 0. The molecule has 0 aromatic rings. The second-order valence-electron chi connectivity index (χ2n) is 22.0. The largest absolute Gasteiger partial charge is 0.462 e. The summed E-state index contributed by atoms with van der Waals surface area (Å²) in [7, 11) is 0. The molecule has 0 saturated carbocycles. The van der Waals surface area contributed by atoms with Crippen LogP contribution < -0.4 is 0 Å². The molecule has 0 aromatic heterocycles. The molecule has 6 nitrogen and oxygen atoms in total. The third kappa shape index (κ3) is 58.9. The molecule has 1 atom stereocenters. The molecule has 6 heteroatoms. The quantitative estimate of drug-likeness (QED) is 0.0261. The van der Waals surface area contributed by atoms with Gasteiger partial charge in [-0.3, -0.25) is 14.4 Å². The van der Waals surface area contributed by atoms with E-state index in [-0.39, 0.29) is 31.1 Å². The SMILES string of the molecule is CCCCCCCCCC/C=C\CCCCCCCCCCCCCC(=O)OC(COC(=O)CCCCCCC)COC(=O)CCCCCCCCCCCCCCCCCCCCCCCCCCC. The molecule has 1 unspecified atom stereocenters. The number of carbonyl (C=O) groups is 3. The van der Waals surface area contributed by atoms with Crippen molar-refractivity contribution in [2.24, 2.45) is 0 Å². The number of rotatable bonds is 60. The monoisotopic (exact) mass is 1000 g/mol. The zero-order valence-corrected chi connectivity index (χ0v) is 48.3. The minimum atomic E-state index is -0.763. The molecule has 0 aliphatic carbocycles. The number of hydrogen-bond donors (Lipinski definition) is 0. The van der Waals surface area contributed by atoms with Crippen molar-refractivity contribution < 1.29 is 28.6 Å². The lowest BCUT2D eigenvalue weighted by Gasteiger charge is -2.18. The van der Waals surface area contributed by atoms with Crippen LogP contribution in [0.4, 0.5) is 0 Å². The molecule has 0 fully saturated rings. The minimum Gasteiger partial charge on any atom is -0.462 e. The van der Waals surface area contributed by atoms with Gasteiger partial charge in [0, 0.05) is 19.3 Å². The van der Waals surface area contributed by atoms with Crippen LogP contribution in [0.3, 0.4) is 0 Å². The van der Waals surface area contributed by atoms with E-state index in [1.54, 1.807) is 0 Å². The Kier molecular flexibility index (Phi) is 59.1. The third-order valence-electron chi connectivity index (χ3n) is 14.8. The summed E-state index contributed by atoms with van der Waals surface area (Å²) in [4.78, 5) is 37.9. The Balaban J connectivity index is 3.97. The van der Waals surface area contributed by atoms with E-state index in [4.69, 9.17) is 14.2 Å². The van der Waals surface area contributed by atoms with Gasteiger partial charge in [0.1, 0.15) is 13.2 Å². The number of ether oxygens (including phenoxy) is 3. The van der Waals surface area contributed by atoms with E-state index in [2.05, 4.69) is 32.9 Å². The van der Waals surface area contributed by atoms with Gasteiger partial charge < -0.3 is 14.2 Å². The molecule has 0 aliphatic rings. The fourth-order valence-corrected chi connectivity index (χ4v) is 9.91. The molecule has 0 radical (unpaired) electrons. The molecule has 0 N–H and O–H groups in total. The highest BCUT2D eigenvalue weighted by Gasteiger charge is 2.19. The number of carbonyl (C=O) groups excluding carboxylic acids is 3. The summed E-state index contributed by atoms with van der Waals surface area (Å²) in [5.41, 5.74) is 0. The summed E-state index contributed by atoms with van der Waals surface area (Å²) in [5, 5.41) is 0. The van der Waals surface area contributed by atoms with Crippen molar-refractivity contribution in [3.8, 4) is 0 Å². The second kappa shape index (κ2) is 60.7. The molecule has 0 bridgehead atoms. The normalized spacial score (nSPS) is 12.0. The van der Waals surface area contributed by atoms with Crippen LogP contribution in [-0.4, -0.2) is 37.2 Å². The zero-order valence-electron chi connectivity index (χ0n) is 48.3. The van der Waals surface area contributed by atoms with Crippen LogP contribution in [0.25, 0.3) is 0 Å². The summed E-state index contributed by atoms with van der Waals surface area (Å²) in [5.74, 6) is -0.855. The van der Waals surface area contributed by atoms with Gasteiger partial charge in [0.2, 0.25) is 0 Å². The fourth-order valence-electron chi connectivity index (χ4n) is 9.91. The van der Waals surface area contributed by atoms with Crippen LogP contribution in [0, 0.1) is 0 Å². The van der Waals surface area contributed by atoms with E-state index in [1.807, 2.05) is 0 Å². The molecule has 0 heterocycles. The summed E-state index contributed by atoms with van der Waals surface area (Å²) < 4.78 is 16.8. The average molecular weight is 1000 g/mol. The molecule has 420 valence electrons. The lowest BCUT2D eigenvalue weighted by Crippen LogP contribution is -2.30. The van der Waals surface area contributed by atoms with E-state index >= 15 is 0 Å². The van der Waals surface area contributed by atoms with Crippen LogP contribution >= 0.6 is 0 Å². The van der Waals surface area contributed by atoms with E-state index in [1.165, 1.54) is 263 Å². The first-order valence-electron chi connectivity index (χ1n) is 32.2. The van der Waals surface area contributed by atoms with Crippen LogP contribution in [0.1, 0.15) is 367 Å². The number of esters is 3. The maximum atomic E-state index is 12.8. The maximum Gasteiger partial charge on any atom is 0.306 e. The molecule has 0 spiro atoms. The van der Waals surface area contributed by atoms with Gasteiger partial charge in [0.25, 0.3) is 0 Å². The van der Waals surface area contributed by atoms with Gasteiger partial charge in [0.15, 0.2) is 6.10 Å². The van der Waals surface area contributed by atoms with Crippen molar-refractivity contribution >= 4 is 17.9 Å². The Bertz CT molecular complexity index is 1100. The standard InChI is InChI=1S/C65H124O6/c1-4-7-10-13-15-17-19-21-23-25-27-29-31-32-34-35-37-39-41-43-45-47-49-52-55-58-64(67)70-61-62(60-69-63(66)57-54-51-12-9-6-3)71-65(68)59-56-53-50-48-46-44-42-40-38-36-33-30-28-26-24-22-20-18-16-14-11-8-5-2/h26,28,62H,4-25,27,29-61H2,1-3H3/b28-26-. The lowest BCUT2D eigenvalue weighted by atomic mass is 10.0. The van der Waals surface area contributed by atoms with Gasteiger partial charge in [-0.2, -0.15) is 0 Å². The third-order valence-corrected chi connectivity index (χ3v) is 14.8. The highest BCUT2D eigenvalue weighted by atomic mass is 16.6. The van der Waals surface area contributed by atoms with Crippen LogP contribution in [0.2, 0.25) is 0 Å². The first-order chi connectivity index (χ1) is 35.0. The molecule has 71 heavy (non-hydrogen) atoms. The first-order valence-corrected chi connectivity index (χ1v) is 32.2. The smallest absolute Gasteiger partial charge is 0.306 e. The Morgan fingerprint density at radius 3 is 0.704 bits per heavy atom. The molecule has 0 aromatic carbocycles. The number of unbranched alkanes of at least 4 members (excludes halogenated alkanes) is 47. The predicted molar refractivity (Wildman–Crippen MR) is 307 cm³/mol. The number of allylic oxidation sites excluding steroid dienone is 2. The second-order valence-corrected chi connectivity index (χ2v) is 22.0. The predicted octanol–water partition coefficient (Wildman–Crippen LogP) is 21.7. The van der Waals surface area contributed by atoms with Gasteiger partial charge >= 0.3 is 17.9 Å². The Labute approximate surface area is 443 Å². The summed E-state index contributed by atoms with van der Waals surface area (Å²) in [6.45, 7) is 6.63. The van der Waals surface area contributed by atoms with Crippen molar-refractivity contribution in [2.75, 3.05) is 13.2 Å². The van der Waals surface area contributed by atoms with Gasteiger partial charge in [0.05, 0.1) is 0 Å². The van der Waals surface area contributed by atoms with E-state index in [0.29, 0.717) is 19.3 Å². The van der Waals surface area contributed by atoms with Gasteiger partial charge in [-0.1, -0.05) is 315 Å². The van der Waals surface area contributed by atoms with Crippen molar-refractivity contribution in [2.45, 2.75) is 374 Å². The Morgan fingerprint density at radius 2 is 0.465 bits per heavy atom. The van der Waals surface area contributed by atoms with Crippen molar-refractivity contribution in [1.29, 1.82) is 0 Å². The van der Waals surface area contributed by atoms with Gasteiger partial charge in [-0.15, -0.1) is 0 Å². The average Bonchev–Trinajstić information content (AvgIpc) is 3.37. The molecular weight excluding hydrogens is 877 g/mol. The maximum absolute atomic E-state index is 12.8. The van der Waals surface area contributed by atoms with Crippen LogP contribution in [0.5, 0.6) is 0 Å². The molecule has 0 saturated heterocycles. The van der Waals surface area contributed by atoms with Crippen LogP contribution in [0.15, 0.2) is 12.2 Å². The number of hydrogen-bond acceptors (Lipinski definition) is 6. The van der Waals surface area contributed by atoms with Gasteiger partial charge in [-0.05, 0) is 44.9 Å². The highest BCUT2D eigenvalue weighted by Crippen LogP contribution is 2.18. The minimum absolute atomic E-state index is 0.0652. The Hall–Kier alpha value is -1.85. The van der Waals surface area contributed by atoms with Crippen molar-refractivity contribution in [1.82, 2.24) is 0 Å². The van der Waals surface area contributed by atoms with E-state index in [9.17, 15) is 14.4 Å². The first kappa shape index (κ1) is 69.2. The zero-order chi connectivity index (χ0) is 51.4. The fraction of sp³-hybridized carbons (Fsp3) is 0.923. The van der Waals surface area contributed by atoms with E-state index < -0.39 is 6.10 Å². The summed E-state index contributed by atoms with van der Waals surface area (Å²) in [6.07, 6.45) is 71.4. The lowest BCUT2D eigenvalue weighted by molar-refractivity contribution is -0.167.